The van der Waals surface area contributed by atoms with Crippen LogP contribution in [0.4, 0.5) is 15.3 Å². The van der Waals surface area contributed by atoms with Crippen LogP contribution in [0.15, 0.2) is 90.1 Å². The number of nitro groups is 1. The van der Waals surface area contributed by atoms with Gasteiger partial charge in [0.25, 0.3) is 5.69 Å². The van der Waals surface area contributed by atoms with Crippen LogP contribution in [0.5, 0.6) is 5.75 Å². The van der Waals surface area contributed by atoms with Crippen molar-refractivity contribution in [3.63, 3.8) is 0 Å². The lowest BCUT2D eigenvalue weighted by atomic mass is 9.68. The average molecular weight is 642 g/mol. The fourth-order valence-corrected chi connectivity index (χ4v) is 6.57. The van der Waals surface area contributed by atoms with E-state index in [9.17, 15) is 24.5 Å². The van der Waals surface area contributed by atoms with Crippen molar-refractivity contribution >= 4 is 23.7 Å². The highest BCUT2D eigenvalue weighted by molar-refractivity contribution is 6.01. The van der Waals surface area contributed by atoms with Crippen LogP contribution in [0.1, 0.15) is 48.9 Å². The Kier molecular flexibility index (Phi) is 10.2. The van der Waals surface area contributed by atoms with Crippen molar-refractivity contribution < 1.29 is 28.8 Å². The molecule has 0 spiro atoms. The lowest BCUT2D eigenvalue weighted by molar-refractivity contribution is -0.384. The average Bonchev–Trinajstić information content (AvgIpc) is 3.10. The van der Waals surface area contributed by atoms with Crippen LogP contribution in [-0.2, 0) is 14.9 Å². The normalized spacial score (nSPS) is 17.9. The molecule has 12 nitrogen and oxygen atoms in total. The molecule has 1 unspecified atom stereocenters. The Morgan fingerprint density at radius 3 is 2.21 bits per heavy atom. The number of imide groups is 1. The Morgan fingerprint density at radius 2 is 1.62 bits per heavy atom. The molecule has 12 heteroatoms. The Labute approximate surface area is 273 Å². The van der Waals surface area contributed by atoms with E-state index in [0.717, 1.165) is 43.1 Å². The van der Waals surface area contributed by atoms with Gasteiger partial charge in [0, 0.05) is 29.8 Å². The molecule has 47 heavy (non-hydrogen) atoms. The number of hydrogen-bond acceptors (Lipinski definition) is 8. The fourth-order valence-electron chi connectivity index (χ4n) is 6.57. The number of carbonyl (C=O) groups excluding carboxylic acids is 3. The summed E-state index contributed by atoms with van der Waals surface area (Å²) >= 11 is 0. The summed E-state index contributed by atoms with van der Waals surface area (Å²) in [4.78, 5) is 53.3. The third kappa shape index (κ3) is 6.97. The lowest BCUT2D eigenvalue weighted by Crippen LogP contribution is -2.54. The molecule has 5 rings (SSSR count). The second-order valence-electron chi connectivity index (χ2n) is 11.7. The van der Waals surface area contributed by atoms with Gasteiger partial charge in [-0.25, -0.2) is 19.3 Å². The highest BCUT2D eigenvalue weighted by Crippen LogP contribution is 2.42. The Morgan fingerprint density at radius 1 is 0.979 bits per heavy atom. The molecular formula is C35H39N5O7. The fraction of sp³-hybridized carbons (Fsp3) is 0.343. The molecule has 1 fully saturated rings. The van der Waals surface area contributed by atoms with E-state index in [1.807, 2.05) is 18.2 Å². The number of urea groups is 2. The molecule has 2 aliphatic heterocycles. The highest BCUT2D eigenvalue weighted by Gasteiger charge is 2.42. The molecule has 0 saturated carbocycles. The maximum Gasteiger partial charge on any atom is 0.337 e. The number of nitro benzene ring substituents is 1. The number of nitrogens with one attached hydrogen (secondary N) is 2. The summed E-state index contributed by atoms with van der Waals surface area (Å²) in [7, 11) is 2.87. The van der Waals surface area contributed by atoms with Gasteiger partial charge in [0.1, 0.15) is 11.8 Å². The molecule has 3 aromatic carbocycles. The minimum absolute atomic E-state index is 0.0585. The summed E-state index contributed by atoms with van der Waals surface area (Å²) in [5, 5.41) is 16.6. The number of ether oxygens (including phenoxy) is 2. The number of allylic oxidation sites excluding steroid dienone is 1. The van der Waals surface area contributed by atoms with Crippen LogP contribution >= 0.6 is 0 Å². The second kappa shape index (κ2) is 14.5. The topological polar surface area (TPSA) is 143 Å². The summed E-state index contributed by atoms with van der Waals surface area (Å²) in [5.74, 6) is 0.0974. The summed E-state index contributed by atoms with van der Waals surface area (Å²) < 4.78 is 10.3. The van der Waals surface area contributed by atoms with Gasteiger partial charge >= 0.3 is 18.0 Å². The summed E-state index contributed by atoms with van der Waals surface area (Å²) in [6.45, 7) is 4.33. The zero-order valence-electron chi connectivity index (χ0n) is 26.7. The molecule has 0 bridgehead atoms. The zero-order chi connectivity index (χ0) is 33.6. The first kappa shape index (κ1) is 33.1. The van der Waals surface area contributed by atoms with Crippen LogP contribution in [0, 0.1) is 10.1 Å². The van der Waals surface area contributed by atoms with Gasteiger partial charge in [0.05, 0.1) is 24.7 Å². The number of likely N-dealkylation sites (tertiary alicyclic amines) is 1. The molecular weight excluding hydrogens is 602 g/mol. The maximum atomic E-state index is 13.5. The van der Waals surface area contributed by atoms with E-state index in [1.54, 1.807) is 7.11 Å². The number of nitrogens with zero attached hydrogens (tertiary/aromatic N) is 3. The monoisotopic (exact) mass is 641 g/mol. The first-order valence-electron chi connectivity index (χ1n) is 15.5. The predicted octanol–water partition coefficient (Wildman–Crippen LogP) is 5.30. The molecule has 4 amide bonds. The van der Waals surface area contributed by atoms with Crippen LogP contribution in [0.25, 0.3) is 0 Å². The van der Waals surface area contributed by atoms with Crippen LogP contribution in [0.2, 0.25) is 0 Å². The SMILES string of the molecule is COC(=O)C1=C(C)NC(=O)N(C(=O)NCCCN2CCC(c3ccccc3)(c3ccc(OC)cc3)CC2)C1c1ccc([N+](=O)[O-])cc1. The number of hydrogen-bond donors (Lipinski definition) is 2. The smallest absolute Gasteiger partial charge is 0.337 e. The summed E-state index contributed by atoms with van der Waals surface area (Å²) in [6, 6.07) is 21.7. The van der Waals surface area contributed by atoms with E-state index in [-0.39, 0.29) is 22.4 Å². The van der Waals surface area contributed by atoms with Crippen molar-refractivity contribution in [2.24, 2.45) is 0 Å². The van der Waals surface area contributed by atoms with E-state index in [0.29, 0.717) is 18.5 Å². The first-order chi connectivity index (χ1) is 22.7. The number of amides is 4. The number of methoxy groups -OCH3 is 2. The van der Waals surface area contributed by atoms with Gasteiger partial charge in [-0.3, -0.25) is 10.1 Å². The third-order valence-electron chi connectivity index (χ3n) is 9.10. The van der Waals surface area contributed by atoms with Gasteiger partial charge in [0.2, 0.25) is 0 Å². The predicted molar refractivity (Wildman–Crippen MR) is 175 cm³/mol. The molecule has 0 aromatic heterocycles. The van der Waals surface area contributed by atoms with Crippen molar-refractivity contribution in [3.8, 4) is 5.75 Å². The van der Waals surface area contributed by atoms with Gasteiger partial charge in [-0.1, -0.05) is 42.5 Å². The lowest BCUT2D eigenvalue weighted by Gasteiger charge is -2.43. The highest BCUT2D eigenvalue weighted by atomic mass is 16.6. The Bertz CT molecular complexity index is 1630. The maximum absolute atomic E-state index is 13.5. The van der Waals surface area contributed by atoms with Crippen molar-refractivity contribution in [2.45, 2.75) is 37.6 Å². The van der Waals surface area contributed by atoms with Gasteiger partial charge in [-0.15, -0.1) is 0 Å². The summed E-state index contributed by atoms with van der Waals surface area (Å²) in [6.07, 6.45) is 2.51. The molecule has 1 atom stereocenters. The third-order valence-corrected chi connectivity index (χ3v) is 9.10. The van der Waals surface area contributed by atoms with Crippen LogP contribution in [-0.4, -0.2) is 73.2 Å². The van der Waals surface area contributed by atoms with Crippen LogP contribution in [0.3, 0.4) is 0 Å². The van der Waals surface area contributed by atoms with Gasteiger partial charge < -0.3 is 25.0 Å². The van der Waals surface area contributed by atoms with Gasteiger partial charge in [0.15, 0.2) is 0 Å². The first-order valence-corrected chi connectivity index (χ1v) is 15.5. The van der Waals surface area contributed by atoms with E-state index in [4.69, 9.17) is 9.47 Å². The van der Waals surface area contributed by atoms with Gasteiger partial charge in [-0.05, 0) is 86.8 Å². The minimum atomic E-state index is -1.14. The number of esters is 1. The number of non-ortho nitro benzene ring substituents is 1. The van der Waals surface area contributed by atoms with Crippen molar-refractivity contribution in [1.29, 1.82) is 0 Å². The molecule has 2 N–H and O–H groups in total. The van der Waals surface area contributed by atoms with Gasteiger partial charge in [-0.2, -0.15) is 0 Å². The second-order valence-corrected chi connectivity index (χ2v) is 11.7. The standard InChI is InChI=1S/C35H39N5O7/c1-24-30(32(41)47-3)31(25-10-14-28(15-11-25)40(44)45)39(34(43)37-24)33(42)36-20-7-21-38-22-18-35(19-23-38,26-8-5-4-6-9-26)27-12-16-29(46-2)17-13-27/h4-6,8-17,31H,7,18-23H2,1-3H3,(H,36,42)(H,37,43). The van der Waals surface area contributed by atoms with Crippen LogP contribution < -0.4 is 15.4 Å². The number of piperidine rings is 1. The summed E-state index contributed by atoms with van der Waals surface area (Å²) in [5.41, 5.74) is 2.92. The largest absolute Gasteiger partial charge is 0.497 e. The molecule has 1 saturated heterocycles. The van der Waals surface area contributed by atoms with E-state index < -0.39 is 29.0 Å². The number of rotatable bonds is 10. The van der Waals surface area contributed by atoms with E-state index >= 15 is 0 Å². The molecule has 0 aliphatic carbocycles. The van der Waals surface area contributed by atoms with Crippen molar-refractivity contribution in [1.82, 2.24) is 20.4 Å². The quantitative estimate of drug-likeness (QED) is 0.131. The number of benzene rings is 3. The Hall–Kier alpha value is -5.23. The minimum Gasteiger partial charge on any atom is -0.497 e. The molecule has 2 heterocycles. The van der Waals surface area contributed by atoms with E-state index in [2.05, 4.69) is 51.9 Å². The van der Waals surface area contributed by atoms with Crippen molar-refractivity contribution in [2.75, 3.05) is 40.4 Å². The van der Waals surface area contributed by atoms with E-state index in [1.165, 1.54) is 49.4 Å². The molecule has 246 valence electrons. The van der Waals surface area contributed by atoms with Crippen molar-refractivity contribution in [3.05, 3.63) is 117 Å². The Balaban J connectivity index is 1.24. The number of carbonyl (C=O) groups is 3. The molecule has 0 radical (unpaired) electrons. The molecule has 2 aliphatic rings. The molecule has 3 aromatic rings. The zero-order valence-corrected chi connectivity index (χ0v) is 26.7.